The standard InChI is InChI=1S/C15H16N2O3/c1-3-8-16(2)15(20)17-9-7-12-11(10-17)5-4-6-13(12)14(18)19/h1,4-6H,7-10H2,2H3,(H,18,19). The summed E-state index contributed by atoms with van der Waals surface area (Å²) in [6, 6.07) is 5.04. The summed E-state index contributed by atoms with van der Waals surface area (Å²) < 4.78 is 0. The van der Waals surface area contributed by atoms with Crippen molar-refractivity contribution >= 4 is 12.0 Å². The first kappa shape index (κ1) is 13.9. The molecule has 0 bridgehead atoms. The average Bonchev–Trinajstić information content (AvgIpc) is 2.45. The van der Waals surface area contributed by atoms with Crippen LogP contribution in [0.5, 0.6) is 0 Å². The Morgan fingerprint density at radius 2 is 2.25 bits per heavy atom. The number of benzene rings is 1. The molecule has 20 heavy (non-hydrogen) atoms. The Balaban J connectivity index is 2.20. The number of terminal acetylenes is 1. The van der Waals surface area contributed by atoms with E-state index in [1.54, 1.807) is 24.1 Å². The third-order valence-electron chi connectivity index (χ3n) is 3.42. The largest absolute Gasteiger partial charge is 0.478 e. The van der Waals surface area contributed by atoms with Gasteiger partial charge in [-0.15, -0.1) is 6.42 Å². The molecule has 0 aliphatic carbocycles. The first-order valence-corrected chi connectivity index (χ1v) is 6.32. The average molecular weight is 272 g/mol. The molecule has 2 amide bonds. The van der Waals surface area contributed by atoms with Gasteiger partial charge in [0.25, 0.3) is 0 Å². The van der Waals surface area contributed by atoms with E-state index in [4.69, 9.17) is 11.5 Å². The second-order valence-electron chi connectivity index (χ2n) is 4.76. The predicted molar refractivity (Wildman–Crippen MR) is 74.4 cm³/mol. The lowest BCUT2D eigenvalue weighted by molar-refractivity contribution is 0.0695. The van der Waals surface area contributed by atoms with Gasteiger partial charge in [-0.3, -0.25) is 0 Å². The Labute approximate surface area is 117 Å². The summed E-state index contributed by atoms with van der Waals surface area (Å²) >= 11 is 0. The quantitative estimate of drug-likeness (QED) is 0.828. The number of carboxylic acids is 1. The highest BCUT2D eigenvalue weighted by atomic mass is 16.4. The van der Waals surface area contributed by atoms with Crippen molar-refractivity contribution in [3.8, 4) is 12.3 Å². The minimum atomic E-state index is -0.925. The monoisotopic (exact) mass is 272 g/mol. The first-order valence-electron chi connectivity index (χ1n) is 6.32. The molecule has 0 saturated heterocycles. The van der Waals surface area contributed by atoms with E-state index in [-0.39, 0.29) is 12.6 Å². The highest BCUT2D eigenvalue weighted by Gasteiger charge is 2.25. The van der Waals surface area contributed by atoms with Gasteiger partial charge in [-0.25, -0.2) is 9.59 Å². The predicted octanol–water partition coefficient (Wildman–Crippen LogP) is 1.43. The van der Waals surface area contributed by atoms with Crippen molar-refractivity contribution in [2.75, 3.05) is 20.1 Å². The lowest BCUT2D eigenvalue weighted by Crippen LogP contribution is -2.44. The third kappa shape index (κ3) is 2.59. The molecule has 0 aromatic heterocycles. The smallest absolute Gasteiger partial charge is 0.335 e. The van der Waals surface area contributed by atoms with Crippen molar-refractivity contribution in [3.63, 3.8) is 0 Å². The van der Waals surface area contributed by atoms with Crippen molar-refractivity contribution in [2.24, 2.45) is 0 Å². The van der Waals surface area contributed by atoms with Gasteiger partial charge in [-0.2, -0.15) is 0 Å². The molecule has 0 fully saturated rings. The SMILES string of the molecule is C#CCN(C)C(=O)N1CCc2c(cccc2C(=O)O)C1. The molecule has 104 valence electrons. The maximum absolute atomic E-state index is 12.2. The van der Waals surface area contributed by atoms with Crippen molar-refractivity contribution in [1.82, 2.24) is 9.80 Å². The van der Waals surface area contributed by atoms with Crippen LogP contribution in [0.4, 0.5) is 4.79 Å². The van der Waals surface area contributed by atoms with Gasteiger partial charge in [0.15, 0.2) is 0 Å². The van der Waals surface area contributed by atoms with Crippen LogP contribution in [0.3, 0.4) is 0 Å². The molecule has 1 aromatic carbocycles. The van der Waals surface area contributed by atoms with Crippen LogP contribution in [0.1, 0.15) is 21.5 Å². The van der Waals surface area contributed by atoms with Crippen molar-refractivity contribution in [3.05, 3.63) is 34.9 Å². The molecule has 1 aromatic rings. The number of hydrogen-bond acceptors (Lipinski definition) is 2. The fourth-order valence-corrected chi connectivity index (χ4v) is 2.42. The van der Waals surface area contributed by atoms with E-state index in [1.165, 1.54) is 4.90 Å². The van der Waals surface area contributed by atoms with Crippen LogP contribution in [0.2, 0.25) is 0 Å². The topological polar surface area (TPSA) is 60.9 Å². The Kier molecular flexibility index (Phi) is 3.94. The minimum absolute atomic E-state index is 0.130. The van der Waals surface area contributed by atoms with Gasteiger partial charge >= 0.3 is 12.0 Å². The highest BCUT2D eigenvalue weighted by molar-refractivity contribution is 5.90. The van der Waals surface area contributed by atoms with Crippen LogP contribution < -0.4 is 0 Å². The Morgan fingerprint density at radius 3 is 2.90 bits per heavy atom. The third-order valence-corrected chi connectivity index (χ3v) is 3.42. The number of nitrogens with zero attached hydrogens (tertiary/aromatic N) is 2. The van der Waals surface area contributed by atoms with Crippen molar-refractivity contribution < 1.29 is 14.7 Å². The van der Waals surface area contributed by atoms with Gasteiger partial charge in [-0.1, -0.05) is 18.1 Å². The zero-order valence-electron chi connectivity index (χ0n) is 11.3. The van der Waals surface area contributed by atoms with Crippen molar-refractivity contribution in [2.45, 2.75) is 13.0 Å². The molecule has 1 aliphatic heterocycles. The van der Waals surface area contributed by atoms with E-state index in [1.807, 2.05) is 6.07 Å². The zero-order chi connectivity index (χ0) is 14.7. The van der Waals surface area contributed by atoms with Gasteiger partial charge in [0, 0.05) is 20.1 Å². The highest BCUT2D eigenvalue weighted by Crippen LogP contribution is 2.23. The molecular formula is C15H16N2O3. The number of carbonyl (C=O) groups is 2. The molecule has 0 radical (unpaired) electrons. The lowest BCUT2D eigenvalue weighted by Gasteiger charge is -2.32. The fourth-order valence-electron chi connectivity index (χ4n) is 2.42. The number of urea groups is 1. The Bertz CT molecular complexity index is 589. The number of fused-ring (bicyclic) bond motifs is 1. The summed E-state index contributed by atoms with van der Waals surface area (Å²) in [7, 11) is 1.66. The van der Waals surface area contributed by atoms with E-state index in [9.17, 15) is 9.59 Å². The summed E-state index contributed by atoms with van der Waals surface area (Å²) in [4.78, 5) is 26.5. The lowest BCUT2D eigenvalue weighted by atomic mass is 9.94. The van der Waals surface area contributed by atoms with Gasteiger partial charge < -0.3 is 14.9 Å². The van der Waals surface area contributed by atoms with Gasteiger partial charge in [0.1, 0.15) is 0 Å². The van der Waals surface area contributed by atoms with Crippen LogP contribution in [-0.4, -0.2) is 47.0 Å². The maximum atomic E-state index is 12.2. The zero-order valence-corrected chi connectivity index (χ0v) is 11.3. The molecule has 1 N–H and O–H groups in total. The molecule has 0 spiro atoms. The summed E-state index contributed by atoms with van der Waals surface area (Å²) in [6.07, 6.45) is 5.75. The summed E-state index contributed by atoms with van der Waals surface area (Å²) in [6.45, 7) is 1.19. The van der Waals surface area contributed by atoms with Gasteiger partial charge in [0.2, 0.25) is 0 Å². The van der Waals surface area contributed by atoms with E-state index in [2.05, 4.69) is 5.92 Å². The molecule has 1 heterocycles. The van der Waals surface area contributed by atoms with Gasteiger partial charge in [-0.05, 0) is 23.6 Å². The molecule has 2 rings (SSSR count). The number of aromatic carboxylic acids is 1. The Hall–Kier alpha value is -2.48. The summed E-state index contributed by atoms with van der Waals surface area (Å²) in [5.74, 6) is 1.51. The molecule has 5 nitrogen and oxygen atoms in total. The number of amides is 2. The summed E-state index contributed by atoms with van der Waals surface area (Å²) in [5, 5.41) is 9.16. The van der Waals surface area contributed by atoms with Crippen LogP contribution >= 0.6 is 0 Å². The molecule has 0 atom stereocenters. The molecular weight excluding hydrogens is 256 g/mol. The number of hydrogen-bond donors (Lipinski definition) is 1. The molecule has 1 aliphatic rings. The second-order valence-corrected chi connectivity index (χ2v) is 4.76. The summed E-state index contributed by atoms with van der Waals surface area (Å²) in [5.41, 5.74) is 2.04. The first-order chi connectivity index (χ1) is 9.54. The molecule has 0 unspecified atom stereocenters. The van der Waals surface area contributed by atoms with E-state index in [0.717, 1.165) is 11.1 Å². The number of carbonyl (C=O) groups excluding carboxylic acids is 1. The van der Waals surface area contributed by atoms with Crippen LogP contribution in [0.15, 0.2) is 18.2 Å². The van der Waals surface area contributed by atoms with Crippen LogP contribution in [0.25, 0.3) is 0 Å². The van der Waals surface area contributed by atoms with E-state index in [0.29, 0.717) is 25.1 Å². The Morgan fingerprint density at radius 1 is 1.50 bits per heavy atom. The van der Waals surface area contributed by atoms with Crippen molar-refractivity contribution in [1.29, 1.82) is 0 Å². The van der Waals surface area contributed by atoms with Crippen LogP contribution in [0, 0.1) is 12.3 Å². The van der Waals surface area contributed by atoms with E-state index < -0.39 is 5.97 Å². The molecule has 5 heteroatoms. The number of carboxylic acid groups (broad SMARTS) is 1. The van der Waals surface area contributed by atoms with Gasteiger partial charge in [0.05, 0.1) is 12.1 Å². The molecule has 0 saturated carbocycles. The fraction of sp³-hybridized carbons (Fsp3) is 0.333. The number of rotatable bonds is 2. The normalized spacial score (nSPS) is 13.3. The maximum Gasteiger partial charge on any atom is 0.335 e. The minimum Gasteiger partial charge on any atom is -0.478 e. The van der Waals surface area contributed by atoms with E-state index >= 15 is 0 Å². The second kappa shape index (κ2) is 5.66. The van der Waals surface area contributed by atoms with Crippen LogP contribution in [-0.2, 0) is 13.0 Å².